The number of hydrogen-bond donors (Lipinski definition) is 0. The highest BCUT2D eigenvalue weighted by molar-refractivity contribution is 7.18. The minimum Gasteiger partial charge on any atom is -0.474 e. The molecule has 2 aromatic heterocycles. The van der Waals surface area contributed by atoms with Gasteiger partial charge in [-0.3, -0.25) is 4.90 Å². The Hall–Kier alpha value is -1.24. The number of nitrogens with zero attached hydrogens (tertiary/aromatic N) is 3. The molecule has 0 amide bonds. The van der Waals surface area contributed by atoms with Crippen LogP contribution in [0.1, 0.15) is 42.5 Å². The van der Waals surface area contributed by atoms with Crippen molar-refractivity contribution in [3.8, 4) is 5.88 Å². The third-order valence-electron chi connectivity index (χ3n) is 6.80. The van der Waals surface area contributed by atoms with Gasteiger partial charge in [0.15, 0.2) is 0 Å². The Bertz CT molecular complexity index is 831. The summed E-state index contributed by atoms with van der Waals surface area (Å²) in [5, 5.41) is 1.21. The van der Waals surface area contributed by atoms with Crippen LogP contribution in [0.5, 0.6) is 5.88 Å². The molecule has 2 aromatic rings. The number of likely N-dealkylation sites (tertiary alicyclic amines) is 1. The van der Waals surface area contributed by atoms with Gasteiger partial charge in [0.25, 0.3) is 0 Å². The number of ether oxygens (including phenoxy) is 2. The molecule has 0 atom stereocenters. The summed E-state index contributed by atoms with van der Waals surface area (Å²) in [6, 6.07) is 0.747. The van der Waals surface area contributed by atoms with Gasteiger partial charge in [0, 0.05) is 29.4 Å². The molecular weight excluding hydrogens is 346 g/mol. The predicted octanol–water partition coefficient (Wildman–Crippen LogP) is 3.20. The fourth-order valence-electron chi connectivity index (χ4n) is 5.32. The molecule has 0 aromatic carbocycles. The quantitative estimate of drug-likeness (QED) is 0.829. The van der Waals surface area contributed by atoms with Crippen molar-refractivity contribution in [3.63, 3.8) is 0 Å². The molecule has 0 radical (unpaired) electrons. The molecule has 2 saturated heterocycles. The molecule has 2 aliphatic carbocycles. The number of fused-ring (bicyclic) bond motifs is 3. The van der Waals surface area contributed by atoms with Crippen LogP contribution in [0.4, 0.5) is 0 Å². The fraction of sp³-hybridized carbons (Fsp3) is 0.700. The van der Waals surface area contributed by atoms with Crippen LogP contribution in [-0.4, -0.2) is 53.3 Å². The van der Waals surface area contributed by atoms with Gasteiger partial charge in [-0.15, -0.1) is 11.3 Å². The van der Waals surface area contributed by atoms with E-state index >= 15 is 0 Å². The highest BCUT2D eigenvalue weighted by atomic mass is 32.1. The number of aromatic nitrogens is 2. The van der Waals surface area contributed by atoms with Gasteiger partial charge in [0.2, 0.25) is 5.88 Å². The summed E-state index contributed by atoms with van der Waals surface area (Å²) >= 11 is 1.84. The summed E-state index contributed by atoms with van der Waals surface area (Å²) in [4.78, 5) is 14.3. The number of hydrogen-bond acceptors (Lipinski definition) is 6. The van der Waals surface area contributed by atoms with E-state index in [9.17, 15) is 0 Å². The van der Waals surface area contributed by atoms with Crippen molar-refractivity contribution in [1.82, 2.24) is 14.9 Å². The topological polar surface area (TPSA) is 47.5 Å². The molecule has 4 heterocycles. The summed E-state index contributed by atoms with van der Waals surface area (Å²) in [6.07, 6.45) is 10.4. The van der Waals surface area contributed by atoms with E-state index in [1.54, 1.807) is 6.33 Å². The van der Waals surface area contributed by atoms with Gasteiger partial charge in [-0.1, -0.05) is 0 Å². The highest BCUT2D eigenvalue weighted by Crippen LogP contribution is 2.43. The predicted molar refractivity (Wildman–Crippen MR) is 101 cm³/mol. The molecule has 0 unspecified atom stereocenters. The fourth-order valence-corrected chi connectivity index (χ4v) is 6.54. The molecule has 6 rings (SSSR count). The van der Waals surface area contributed by atoms with Gasteiger partial charge in [-0.25, -0.2) is 9.97 Å². The van der Waals surface area contributed by atoms with Crippen LogP contribution in [0, 0.1) is 5.41 Å². The molecule has 0 bridgehead atoms. The van der Waals surface area contributed by atoms with Gasteiger partial charge in [-0.05, 0) is 50.5 Å². The first-order chi connectivity index (χ1) is 12.8. The van der Waals surface area contributed by atoms with Gasteiger partial charge in [-0.2, -0.15) is 0 Å². The molecule has 2 aliphatic heterocycles. The maximum absolute atomic E-state index is 6.42. The third-order valence-corrected chi connectivity index (χ3v) is 8.00. The molecule has 3 fully saturated rings. The summed E-state index contributed by atoms with van der Waals surface area (Å²) in [5.74, 6) is 0.840. The molecule has 4 aliphatic rings. The van der Waals surface area contributed by atoms with Gasteiger partial charge in [0.1, 0.15) is 17.3 Å². The first kappa shape index (κ1) is 15.8. The van der Waals surface area contributed by atoms with Gasteiger partial charge >= 0.3 is 0 Å². The lowest BCUT2D eigenvalue weighted by Crippen LogP contribution is -2.68. The summed E-state index contributed by atoms with van der Waals surface area (Å²) in [7, 11) is 0. The van der Waals surface area contributed by atoms with Crippen molar-refractivity contribution in [2.75, 3.05) is 26.3 Å². The molecule has 5 nitrogen and oxygen atoms in total. The average molecular weight is 372 g/mol. The van der Waals surface area contributed by atoms with Gasteiger partial charge in [0.05, 0.1) is 18.6 Å². The van der Waals surface area contributed by atoms with E-state index < -0.39 is 0 Å². The maximum Gasteiger partial charge on any atom is 0.225 e. The van der Waals surface area contributed by atoms with Crippen molar-refractivity contribution in [2.45, 2.75) is 57.1 Å². The number of rotatable bonds is 3. The second-order valence-electron chi connectivity index (χ2n) is 8.66. The molecule has 1 saturated carbocycles. The Labute approximate surface area is 157 Å². The molecule has 1 spiro atoms. The van der Waals surface area contributed by atoms with E-state index in [1.165, 1.54) is 54.6 Å². The lowest BCUT2D eigenvalue weighted by atomic mass is 9.75. The zero-order valence-corrected chi connectivity index (χ0v) is 15.9. The Kier molecular flexibility index (Phi) is 3.57. The summed E-state index contributed by atoms with van der Waals surface area (Å²) in [6.45, 7) is 4.46. The monoisotopic (exact) mass is 371 g/mol. The Morgan fingerprint density at radius 2 is 1.96 bits per heavy atom. The minimum absolute atomic E-state index is 0.309. The second kappa shape index (κ2) is 5.88. The Balaban J connectivity index is 1.12. The number of thiophene rings is 1. The van der Waals surface area contributed by atoms with Crippen molar-refractivity contribution < 1.29 is 9.47 Å². The van der Waals surface area contributed by atoms with Crippen molar-refractivity contribution >= 4 is 21.6 Å². The first-order valence-corrected chi connectivity index (χ1v) is 10.9. The number of aryl methyl sites for hydroxylation is 2. The van der Waals surface area contributed by atoms with Crippen molar-refractivity contribution in [3.05, 3.63) is 16.8 Å². The van der Waals surface area contributed by atoms with E-state index in [1.807, 2.05) is 11.3 Å². The molecule has 138 valence electrons. The largest absolute Gasteiger partial charge is 0.474 e. The molecule has 0 N–H and O–H groups in total. The second-order valence-corrected chi connectivity index (χ2v) is 9.75. The smallest absolute Gasteiger partial charge is 0.225 e. The maximum atomic E-state index is 6.42. The Morgan fingerprint density at radius 1 is 1.12 bits per heavy atom. The average Bonchev–Trinajstić information content (AvgIpc) is 3.15. The van der Waals surface area contributed by atoms with E-state index in [0.717, 1.165) is 49.2 Å². The zero-order valence-electron chi connectivity index (χ0n) is 15.1. The Morgan fingerprint density at radius 3 is 2.73 bits per heavy atom. The lowest BCUT2D eigenvalue weighted by molar-refractivity contribution is -0.201. The summed E-state index contributed by atoms with van der Waals surface area (Å²) < 4.78 is 11.8. The highest BCUT2D eigenvalue weighted by Gasteiger charge is 2.50. The van der Waals surface area contributed by atoms with Gasteiger partial charge < -0.3 is 9.47 Å². The van der Waals surface area contributed by atoms with Crippen LogP contribution in [-0.2, 0) is 17.6 Å². The van der Waals surface area contributed by atoms with E-state index in [4.69, 9.17) is 9.47 Å². The molecule has 6 heteroatoms. The lowest BCUT2D eigenvalue weighted by Gasteiger charge is -2.58. The van der Waals surface area contributed by atoms with Crippen molar-refractivity contribution in [1.29, 1.82) is 0 Å². The van der Waals surface area contributed by atoms with E-state index in [-0.39, 0.29) is 0 Å². The third kappa shape index (κ3) is 2.42. The standard InChI is InChI=1S/C20H25N3O2S/c1-2-15-16(3-1)26-19-17(15)18(21-12-22-19)25-14-6-4-13(5-7-14)23-8-20(9-23)10-24-11-20/h12-14H,1-11H2. The van der Waals surface area contributed by atoms with Crippen LogP contribution in [0.2, 0.25) is 0 Å². The SMILES string of the molecule is c1nc(OC2CCC(N3CC4(COC4)C3)CC2)c2c3c(sc2n1)CCC3. The normalized spacial score (nSPS) is 30.2. The van der Waals surface area contributed by atoms with Crippen LogP contribution in [0.3, 0.4) is 0 Å². The zero-order chi connectivity index (χ0) is 17.1. The van der Waals surface area contributed by atoms with E-state index in [0.29, 0.717) is 11.5 Å². The summed E-state index contributed by atoms with van der Waals surface area (Å²) in [5.41, 5.74) is 1.99. The molecule has 26 heavy (non-hydrogen) atoms. The van der Waals surface area contributed by atoms with Crippen LogP contribution < -0.4 is 4.74 Å². The minimum atomic E-state index is 0.309. The van der Waals surface area contributed by atoms with Crippen molar-refractivity contribution in [2.24, 2.45) is 5.41 Å². The van der Waals surface area contributed by atoms with Crippen LogP contribution in [0.15, 0.2) is 6.33 Å². The van der Waals surface area contributed by atoms with Crippen LogP contribution >= 0.6 is 11.3 Å². The first-order valence-electron chi connectivity index (χ1n) is 10.0. The van der Waals surface area contributed by atoms with Crippen LogP contribution in [0.25, 0.3) is 10.2 Å². The van der Waals surface area contributed by atoms with E-state index in [2.05, 4.69) is 14.9 Å². The molecular formula is C20H25N3O2S.